The van der Waals surface area contributed by atoms with Crippen LogP contribution in [0, 0.1) is 0 Å². The minimum absolute atomic E-state index is 0.287. The number of benzene rings is 1. The van der Waals surface area contributed by atoms with Crippen molar-refractivity contribution in [3.05, 3.63) is 22.7 Å². The summed E-state index contributed by atoms with van der Waals surface area (Å²) in [6.07, 6.45) is 5.01. The number of hydrogen-bond donors (Lipinski definition) is 2. The lowest BCUT2D eigenvalue weighted by Gasteiger charge is -2.30. The van der Waals surface area contributed by atoms with Gasteiger partial charge in [-0.05, 0) is 37.0 Å². The van der Waals surface area contributed by atoms with E-state index in [4.69, 9.17) is 21.1 Å². The highest BCUT2D eigenvalue weighted by Crippen LogP contribution is 2.37. The van der Waals surface area contributed by atoms with Crippen LogP contribution in [0.25, 0.3) is 0 Å². The molecule has 1 saturated carbocycles. The molecule has 0 saturated heterocycles. The molecule has 1 heterocycles. The summed E-state index contributed by atoms with van der Waals surface area (Å²) in [5, 5.41) is 7.69. The third-order valence-electron chi connectivity index (χ3n) is 5.17. The second kappa shape index (κ2) is 10.3. The van der Waals surface area contributed by atoms with Crippen molar-refractivity contribution >= 4 is 28.4 Å². The molecular formula is C20H30ClN3O3S. The highest BCUT2D eigenvalue weighted by molar-refractivity contribution is 7.85. The van der Waals surface area contributed by atoms with Gasteiger partial charge >= 0.3 is 0 Å². The lowest BCUT2D eigenvalue weighted by molar-refractivity contribution is 0.297. The Bertz CT molecular complexity index is 729. The van der Waals surface area contributed by atoms with Crippen LogP contribution >= 0.6 is 11.6 Å². The Morgan fingerprint density at radius 1 is 1.29 bits per heavy atom. The largest absolute Gasteiger partial charge is 0.489 e. The molecule has 3 unspecified atom stereocenters. The van der Waals surface area contributed by atoms with E-state index < -0.39 is 10.8 Å². The SMILES string of the molecule is CCS(=O)C1CCCC(NC(=NC)NCc2cc(Cl)c3c(c2)OCCCO3)C1. The van der Waals surface area contributed by atoms with E-state index in [0.717, 1.165) is 49.4 Å². The molecule has 1 aliphatic heterocycles. The van der Waals surface area contributed by atoms with Crippen molar-refractivity contribution in [1.29, 1.82) is 0 Å². The minimum Gasteiger partial charge on any atom is -0.489 e. The van der Waals surface area contributed by atoms with Crippen molar-refractivity contribution in [3.8, 4) is 11.5 Å². The van der Waals surface area contributed by atoms with E-state index in [-0.39, 0.29) is 5.25 Å². The van der Waals surface area contributed by atoms with Gasteiger partial charge in [0.25, 0.3) is 0 Å². The fourth-order valence-electron chi connectivity index (χ4n) is 3.71. The van der Waals surface area contributed by atoms with Crippen molar-refractivity contribution < 1.29 is 13.7 Å². The van der Waals surface area contributed by atoms with E-state index in [9.17, 15) is 4.21 Å². The zero-order valence-corrected chi connectivity index (χ0v) is 18.2. The molecule has 2 N–H and O–H groups in total. The summed E-state index contributed by atoms with van der Waals surface area (Å²) in [6.45, 7) is 3.82. The highest BCUT2D eigenvalue weighted by Gasteiger charge is 2.26. The van der Waals surface area contributed by atoms with Crippen LogP contribution in [0.1, 0.15) is 44.6 Å². The monoisotopic (exact) mass is 427 g/mol. The Kier molecular flexibility index (Phi) is 7.85. The number of rotatable bonds is 5. The van der Waals surface area contributed by atoms with Gasteiger partial charge in [-0.1, -0.05) is 24.9 Å². The van der Waals surface area contributed by atoms with Crippen LogP contribution in [0.5, 0.6) is 11.5 Å². The molecule has 3 rings (SSSR count). The fraction of sp³-hybridized carbons (Fsp3) is 0.650. The number of hydrogen-bond acceptors (Lipinski definition) is 4. The molecule has 1 fully saturated rings. The van der Waals surface area contributed by atoms with Crippen molar-refractivity contribution in [2.45, 2.75) is 56.9 Å². The molecule has 1 aliphatic carbocycles. The van der Waals surface area contributed by atoms with Crippen molar-refractivity contribution in [2.24, 2.45) is 4.99 Å². The molecule has 3 atom stereocenters. The quantitative estimate of drug-likeness (QED) is 0.557. The lowest BCUT2D eigenvalue weighted by Crippen LogP contribution is -2.46. The molecule has 156 valence electrons. The van der Waals surface area contributed by atoms with E-state index in [1.807, 2.05) is 19.1 Å². The summed E-state index contributed by atoms with van der Waals surface area (Å²) in [5.41, 5.74) is 1.01. The molecule has 1 aromatic rings. The van der Waals surface area contributed by atoms with Gasteiger partial charge in [0.2, 0.25) is 0 Å². The number of ether oxygens (including phenoxy) is 2. The zero-order valence-electron chi connectivity index (χ0n) is 16.6. The van der Waals surface area contributed by atoms with Crippen molar-refractivity contribution in [2.75, 3.05) is 26.0 Å². The predicted molar refractivity (Wildman–Crippen MR) is 115 cm³/mol. The Labute approximate surface area is 174 Å². The van der Waals surface area contributed by atoms with Gasteiger partial charge in [0, 0.05) is 47.9 Å². The van der Waals surface area contributed by atoms with Gasteiger partial charge in [-0.25, -0.2) is 0 Å². The van der Waals surface area contributed by atoms with E-state index >= 15 is 0 Å². The molecule has 28 heavy (non-hydrogen) atoms. The van der Waals surface area contributed by atoms with Gasteiger partial charge in [0.05, 0.1) is 18.2 Å². The molecule has 6 nitrogen and oxygen atoms in total. The van der Waals surface area contributed by atoms with E-state index in [1.54, 1.807) is 7.05 Å². The average molecular weight is 428 g/mol. The summed E-state index contributed by atoms with van der Waals surface area (Å²) in [7, 11) is 1.03. The molecule has 0 aromatic heterocycles. The number of aliphatic imine (C=N–C) groups is 1. The van der Waals surface area contributed by atoms with Crippen LogP contribution in [0.3, 0.4) is 0 Å². The van der Waals surface area contributed by atoms with Gasteiger partial charge in [-0.2, -0.15) is 0 Å². The first kappa shape index (κ1) is 21.2. The van der Waals surface area contributed by atoms with Crippen LogP contribution in [-0.2, 0) is 17.3 Å². The maximum absolute atomic E-state index is 12.2. The van der Waals surface area contributed by atoms with Crippen LogP contribution in [-0.4, -0.2) is 47.5 Å². The molecule has 0 spiro atoms. The first-order valence-corrected chi connectivity index (χ1v) is 11.8. The molecule has 0 amide bonds. The van der Waals surface area contributed by atoms with Gasteiger partial charge in [-0.15, -0.1) is 0 Å². The van der Waals surface area contributed by atoms with Crippen molar-refractivity contribution in [1.82, 2.24) is 10.6 Å². The second-order valence-corrected chi connectivity index (χ2v) is 9.59. The summed E-state index contributed by atoms with van der Waals surface area (Å²) >= 11 is 6.38. The zero-order chi connectivity index (χ0) is 19.9. The van der Waals surface area contributed by atoms with Gasteiger partial charge in [0.1, 0.15) is 0 Å². The van der Waals surface area contributed by atoms with Crippen LogP contribution in [0.2, 0.25) is 5.02 Å². The van der Waals surface area contributed by atoms with Gasteiger partial charge < -0.3 is 20.1 Å². The van der Waals surface area contributed by atoms with E-state index in [2.05, 4.69) is 15.6 Å². The molecular weight excluding hydrogens is 398 g/mol. The van der Waals surface area contributed by atoms with Crippen LogP contribution in [0.15, 0.2) is 17.1 Å². The Morgan fingerprint density at radius 3 is 2.89 bits per heavy atom. The standard InChI is InChI=1S/C20H30ClN3O3S/c1-3-28(25)16-7-4-6-15(12-16)24-20(22-2)23-13-14-10-17(21)19-18(11-14)26-8-5-9-27-19/h10-11,15-16H,3-9,12-13H2,1-2H3,(H2,22,23,24). The summed E-state index contributed by atoms with van der Waals surface area (Å²) in [4.78, 5) is 4.34. The maximum Gasteiger partial charge on any atom is 0.191 e. The number of guanidine groups is 1. The number of halogens is 1. The summed E-state index contributed by atoms with van der Waals surface area (Å²) < 4.78 is 23.6. The summed E-state index contributed by atoms with van der Waals surface area (Å²) in [5.74, 6) is 2.80. The van der Waals surface area contributed by atoms with Gasteiger partial charge in [-0.3, -0.25) is 9.20 Å². The third-order valence-corrected chi connectivity index (χ3v) is 7.19. The lowest BCUT2D eigenvalue weighted by atomic mass is 9.95. The first-order valence-electron chi connectivity index (χ1n) is 10.0. The first-order chi connectivity index (χ1) is 13.6. The third kappa shape index (κ3) is 5.54. The number of nitrogens with zero attached hydrogens (tertiary/aromatic N) is 1. The van der Waals surface area contributed by atoms with Crippen LogP contribution < -0.4 is 20.1 Å². The molecule has 0 radical (unpaired) electrons. The normalized spacial score (nSPS) is 23.6. The average Bonchev–Trinajstić information content (AvgIpc) is 2.96. The van der Waals surface area contributed by atoms with E-state index in [0.29, 0.717) is 42.3 Å². The molecule has 0 bridgehead atoms. The Balaban J connectivity index is 1.58. The molecule has 8 heteroatoms. The van der Waals surface area contributed by atoms with Crippen LogP contribution in [0.4, 0.5) is 0 Å². The van der Waals surface area contributed by atoms with Gasteiger partial charge in [0.15, 0.2) is 17.5 Å². The fourth-order valence-corrected chi connectivity index (χ4v) is 5.35. The smallest absolute Gasteiger partial charge is 0.191 e. The molecule has 1 aromatic carbocycles. The topological polar surface area (TPSA) is 72.0 Å². The number of fused-ring (bicyclic) bond motifs is 1. The summed E-state index contributed by atoms with van der Waals surface area (Å²) in [6, 6.07) is 4.16. The highest BCUT2D eigenvalue weighted by atomic mass is 35.5. The predicted octanol–water partition coefficient (Wildman–Crippen LogP) is 3.25. The van der Waals surface area contributed by atoms with Crippen molar-refractivity contribution in [3.63, 3.8) is 0 Å². The van der Waals surface area contributed by atoms with E-state index in [1.165, 1.54) is 0 Å². The minimum atomic E-state index is -0.731. The Hall–Kier alpha value is -1.47. The maximum atomic E-state index is 12.2. The molecule has 2 aliphatic rings. The second-order valence-electron chi connectivity index (χ2n) is 7.18. The Morgan fingerprint density at radius 2 is 2.11 bits per heavy atom. The number of nitrogens with one attached hydrogen (secondary N) is 2.